The predicted molar refractivity (Wildman–Crippen MR) is 114 cm³/mol. The molecule has 0 saturated carbocycles. The lowest BCUT2D eigenvalue weighted by Gasteiger charge is -2.21. The second kappa shape index (κ2) is 8.77. The van der Waals surface area contributed by atoms with Gasteiger partial charge in [-0.2, -0.15) is 0 Å². The lowest BCUT2D eigenvalue weighted by atomic mass is 9.86. The molecule has 7 heteroatoms. The minimum atomic E-state index is -0.0410. The number of carbonyl (C=O) groups is 1. The Hall–Kier alpha value is -3.03. The molecule has 0 radical (unpaired) electrons. The number of hydrogen-bond acceptors (Lipinski definition) is 6. The molecule has 3 N–H and O–H groups in total. The van der Waals surface area contributed by atoms with E-state index < -0.39 is 0 Å². The summed E-state index contributed by atoms with van der Waals surface area (Å²) in [5.41, 5.74) is 13.1. The fourth-order valence-electron chi connectivity index (χ4n) is 4.08. The minimum absolute atomic E-state index is 0.0410. The maximum absolute atomic E-state index is 12.4. The van der Waals surface area contributed by atoms with Crippen LogP contribution in [-0.4, -0.2) is 22.6 Å². The molecule has 1 aliphatic rings. The standard InChI is InChI=1S/C23H27N5O2/c1-14-11-24-8-7-19(14)21-13-26-27-23(21)18-6-4-5-17(9-18)12-25-22(29)10-20-15(2)28-30-16(20)3/h4-9,11,21,23,26-27H,10,12-13H2,1-3H3,(H,25,29). The lowest BCUT2D eigenvalue weighted by molar-refractivity contribution is -0.120. The summed E-state index contributed by atoms with van der Waals surface area (Å²) in [5.74, 6) is 0.972. The van der Waals surface area contributed by atoms with Crippen LogP contribution in [0.25, 0.3) is 0 Å². The number of carbonyl (C=O) groups excluding carboxylic acids is 1. The number of hydrazine groups is 1. The van der Waals surface area contributed by atoms with Crippen LogP contribution in [-0.2, 0) is 17.8 Å². The van der Waals surface area contributed by atoms with Crippen LogP contribution in [0.4, 0.5) is 0 Å². The number of nitrogens with one attached hydrogen (secondary N) is 3. The van der Waals surface area contributed by atoms with E-state index in [1.54, 1.807) is 0 Å². The van der Waals surface area contributed by atoms with Crippen molar-refractivity contribution >= 4 is 5.91 Å². The molecule has 30 heavy (non-hydrogen) atoms. The van der Waals surface area contributed by atoms with Crippen molar-refractivity contribution in [3.8, 4) is 0 Å². The first-order valence-corrected chi connectivity index (χ1v) is 10.2. The Kier molecular flexibility index (Phi) is 5.92. The molecule has 156 valence electrons. The van der Waals surface area contributed by atoms with Crippen molar-refractivity contribution in [3.05, 3.63) is 82.0 Å². The van der Waals surface area contributed by atoms with Crippen molar-refractivity contribution < 1.29 is 9.32 Å². The number of amides is 1. The van der Waals surface area contributed by atoms with Crippen LogP contribution in [0.1, 0.15) is 51.2 Å². The quantitative estimate of drug-likeness (QED) is 0.584. The van der Waals surface area contributed by atoms with Crippen molar-refractivity contribution in [2.75, 3.05) is 6.54 Å². The lowest BCUT2D eigenvalue weighted by Crippen LogP contribution is -2.26. The third-order valence-electron chi connectivity index (χ3n) is 5.76. The van der Waals surface area contributed by atoms with Crippen molar-refractivity contribution in [3.63, 3.8) is 0 Å². The van der Waals surface area contributed by atoms with E-state index in [9.17, 15) is 4.79 Å². The molecule has 2 unspecified atom stereocenters. The van der Waals surface area contributed by atoms with Crippen LogP contribution in [0.15, 0.2) is 47.2 Å². The van der Waals surface area contributed by atoms with Crippen molar-refractivity contribution in [1.29, 1.82) is 0 Å². The van der Waals surface area contributed by atoms with Gasteiger partial charge >= 0.3 is 0 Å². The number of aromatic nitrogens is 2. The monoisotopic (exact) mass is 405 g/mol. The molecule has 1 fully saturated rings. The topological polar surface area (TPSA) is 92.1 Å². The molecule has 7 nitrogen and oxygen atoms in total. The number of aryl methyl sites for hydroxylation is 3. The number of benzene rings is 1. The van der Waals surface area contributed by atoms with E-state index in [4.69, 9.17) is 4.52 Å². The van der Waals surface area contributed by atoms with Gasteiger partial charge in [0.15, 0.2) is 0 Å². The Morgan fingerprint density at radius 2 is 2.13 bits per heavy atom. The fraction of sp³-hybridized carbons (Fsp3) is 0.348. The smallest absolute Gasteiger partial charge is 0.224 e. The zero-order chi connectivity index (χ0) is 21.1. The van der Waals surface area contributed by atoms with Gasteiger partial charge in [-0.15, -0.1) is 0 Å². The van der Waals surface area contributed by atoms with Crippen LogP contribution in [0.5, 0.6) is 0 Å². The van der Waals surface area contributed by atoms with Gasteiger partial charge in [-0.05, 0) is 49.1 Å². The Labute approximate surface area is 176 Å². The Balaban J connectivity index is 1.44. The second-order valence-electron chi connectivity index (χ2n) is 7.84. The molecular weight excluding hydrogens is 378 g/mol. The molecule has 4 rings (SSSR count). The van der Waals surface area contributed by atoms with E-state index in [2.05, 4.69) is 51.4 Å². The zero-order valence-corrected chi connectivity index (χ0v) is 17.5. The van der Waals surface area contributed by atoms with Crippen molar-refractivity contribution in [2.24, 2.45) is 0 Å². The summed E-state index contributed by atoms with van der Waals surface area (Å²) in [6.45, 7) is 7.12. The average molecular weight is 406 g/mol. The molecule has 1 saturated heterocycles. The van der Waals surface area contributed by atoms with E-state index in [-0.39, 0.29) is 18.4 Å². The highest BCUT2D eigenvalue weighted by Gasteiger charge is 2.30. The summed E-state index contributed by atoms with van der Waals surface area (Å²) in [4.78, 5) is 16.6. The van der Waals surface area contributed by atoms with Crippen LogP contribution >= 0.6 is 0 Å². The first kappa shape index (κ1) is 20.3. The van der Waals surface area contributed by atoms with Gasteiger partial charge in [0.2, 0.25) is 5.91 Å². The van der Waals surface area contributed by atoms with Crippen molar-refractivity contribution in [2.45, 2.75) is 45.7 Å². The first-order valence-electron chi connectivity index (χ1n) is 10.2. The number of rotatable bonds is 6. The van der Waals surface area contributed by atoms with Gasteiger partial charge in [-0.3, -0.25) is 15.2 Å². The van der Waals surface area contributed by atoms with Gasteiger partial charge in [0.25, 0.3) is 0 Å². The molecule has 0 spiro atoms. The molecule has 1 amide bonds. The summed E-state index contributed by atoms with van der Waals surface area (Å²) >= 11 is 0. The largest absolute Gasteiger partial charge is 0.361 e. The van der Waals surface area contributed by atoms with Gasteiger partial charge in [-0.1, -0.05) is 29.4 Å². The van der Waals surface area contributed by atoms with Gasteiger partial charge < -0.3 is 9.84 Å². The molecule has 3 aromatic rings. The summed E-state index contributed by atoms with van der Waals surface area (Å²) in [7, 11) is 0. The van der Waals surface area contributed by atoms with Crippen LogP contribution in [0.3, 0.4) is 0 Å². The van der Waals surface area contributed by atoms with E-state index in [0.717, 1.165) is 23.4 Å². The molecule has 0 aliphatic carbocycles. The summed E-state index contributed by atoms with van der Waals surface area (Å²) in [6.07, 6.45) is 4.04. The number of pyridine rings is 1. The highest BCUT2D eigenvalue weighted by Crippen LogP contribution is 2.34. The highest BCUT2D eigenvalue weighted by molar-refractivity contribution is 5.79. The van der Waals surface area contributed by atoms with Gasteiger partial charge in [-0.25, -0.2) is 5.43 Å². The zero-order valence-electron chi connectivity index (χ0n) is 17.5. The van der Waals surface area contributed by atoms with Crippen LogP contribution < -0.4 is 16.2 Å². The molecule has 3 heterocycles. The second-order valence-corrected chi connectivity index (χ2v) is 7.84. The Bertz CT molecular complexity index is 1030. The normalized spacial score (nSPS) is 18.5. The summed E-state index contributed by atoms with van der Waals surface area (Å²) in [5, 5.41) is 6.92. The van der Waals surface area contributed by atoms with E-state index in [1.807, 2.05) is 38.4 Å². The fourth-order valence-corrected chi connectivity index (χ4v) is 4.08. The maximum Gasteiger partial charge on any atom is 0.224 e. The molecule has 0 bridgehead atoms. The molecule has 2 aromatic heterocycles. The highest BCUT2D eigenvalue weighted by atomic mass is 16.5. The van der Waals surface area contributed by atoms with Gasteiger partial charge in [0.1, 0.15) is 5.76 Å². The molecule has 1 aliphatic heterocycles. The summed E-state index contributed by atoms with van der Waals surface area (Å²) in [6, 6.07) is 10.6. The predicted octanol–water partition coefficient (Wildman–Crippen LogP) is 2.79. The maximum atomic E-state index is 12.4. The number of nitrogens with zero attached hydrogens (tertiary/aromatic N) is 2. The van der Waals surface area contributed by atoms with Crippen molar-refractivity contribution in [1.82, 2.24) is 26.3 Å². The number of hydrogen-bond donors (Lipinski definition) is 3. The van der Waals surface area contributed by atoms with Gasteiger partial charge in [0, 0.05) is 37.0 Å². The minimum Gasteiger partial charge on any atom is -0.361 e. The molecular formula is C23H27N5O2. The van der Waals surface area contributed by atoms with E-state index in [0.29, 0.717) is 18.2 Å². The SMILES string of the molecule is Cc1cnccc1C1CNNC1c1cccc(CNC(=O)Cc2c(C)noc2C)c1. The van der Waals surface area contributed by atoms with E-state index in [1.165, 1.54) is 16.7 Å². The Morgan fingerprint density at radius 1 is 1.27 bits per heavy atom. The van der Waals surface area contributed by atoms with Gasteiger partial charge in [0.05, 0.1) is 18.2 Å². The van der Waals surface area contributed by atoms with E-state index >= 15 is 0 Å². The Morgan fingerprint density at radius 3 is 2.90 bits per heavy atom. The van der Waals surface area contributed by atoms with Crippen LogP contribution in [0.2, 0.25) is 0 Å². The summed E-state index contributed by atoms with van der Waals surface area (Å²) < 4.78 is 5.14. The molecule has 1 aromatic carbocycles. The molecule has 2 atom stereocenters. The third kappa shape index (κ3) is 4.27. The average Bonchev–Trinajstić information content (AvgIpc) is 3.35. The first-order chi connectivity index (χ1) is 14.5. The van der Waals surface area contributed by atoms with Crippen LogP contribution in [0, 0.1) is 20.8 Å². The third-order valence-corrected chi connectivity index (χ3v) is 5.76.